The zero-order valence-corrected chi connectivity index (χ0v) is 16.4. The molecule has 1 unspecified atom stereocenters. The molecule has 0 spiro atoms. The highest BCUT2D eigenvalue weighted by atomic mass is 35.5. The van der Waals surface area contributed by atoms with Gasteiger partial charge in [-0.3, -0.25) is 4.79 Å². The van der Waals surface area contributed by atoms with Gasteiger partial charge in [0.15, 0.2) is 0 Å². The summed E-state index contributed by atoms with van der Waals surface area (Å²) >= 11 is 0. The lowest BCUT2D eigenvalue weighted by Crippen LogP contribution is -2.45. The van der Waals surface area contributed by atoms with E-state index in [2.05, 4.69) is 10.0 Å². The first-order valence-electron chi connectivity index (χ1n) is 8.03. The Hall–Kier alpha value is -1.93. The molecule has 142 valence electrons. The van der Waals surface area contributed by atoms with Crippen LogP contribution >= 0.6 is 12.4 Å². The molecule has 0 saturated carbocycles. The normalized spacial score (nSPS) is 13.3. The summed E-state index contributed by atoms with van der Waals surface area (Å²) in [6.07, 6.45) is 0.710. The average molecular weight is 398 g/mol. The molecule has 6 nitrogen and oxygen atoms in total. The number of amides is 1. The van der Waals surface area contributed by atoms with E-state index in [0.29, 0.717) is 24.2 Å². The van der Waals surface area contributed by atoms with Gasteiger partial charge < -0.3 is 11.1 Å². The van der Waals surface area contributed by atoms with Crippen molar-refractivity contribution in [2.45, 2.75) is 30.7 Å². The Morgan fingerprint density at radius 3 is 2.19 bits per heavy atom. The first-order chi connectivity index (χ1) is 11.8. The number of anilines is 1. The number of halogens is 1. The van der Waals surface area contributed by atoms with Gasteiger partial charge in [0, 0.05) is 12.2 Å². The first kappa shape index (κ1) is 22.1. The summed E-state index contributed by atoms with van der Waals surface area (Å²) in [5.74, 6) is -0.376. The van der Waals surface area contributed by atoms with Gasteiger partial charge in [-0.25, -0.2) is 13.1 Å². The van der Waals surface area contributed by atoms with E-state index in [-0.39, 0.29) is 23.2 Å². The number of nitrogens with one attached hydrogen (secondary N) is 2. The molecule has 0 bridgehead atoms. The molecule has 0 saturated heterocycles. The third-order valence-electron chi connectivity index (χ3n) is 3.81. The Kier molecular flexibility index (Phi) is 7.77. The molecule has 0 aliphatic rings. The van der Waals surface area contributed by atoms with Crippen molar-refractivity contribution in [2.75, 3.05) is 11.9 Å². The molecule has 1 amide bonds. The summed E-state index contributed by atoms with van der Waals surface area (Å²) in [6.45, 7) is 3.90. The van der Waals surface area contributed by atoms with Crippen LogP contribution in [0.5, 0.6) is 0 Å². The molecule has 0 fully saturated rings. The van der Waals surface area contributed by atoms with Crippen LogP contribution in [0.1, 0.15) is 25.8 Å². The molecule has 1 atom stereocenters. The fraction of sp³-hybridized carbons (Fsp3) is 0.278. The second-order valence-corrected chi connectivity index (χ2v) is 7.71. The van der Waals surface area contributed by atoms with E-state index < -0.39 is 15.6 Å². The molecular weight excluding hydrogens is 374 g/mol. The van der Waals surface area contributed by atoms with Gasteiger partial charge >= 0.3 is 0 Å². The van der Waals surface area contributed by atoms with Crippen molar-refractivity contribution >= 4 is 34.0 Å². The number of hydrogen-bond donors (Lipinski definition) is 3. The van der Waals surface area contributed by atoms with Gasteiger partial charge in [0.1, 0.15) is 5.54 Å². The van der Waals surface area contributed by atoms with Crippen LogP contribution in [0.15, 0.2) is 59.5 Å². The van der Waals surface area contributed by atoms with Gasteiger partial charge in [0.2, 0.25) is 15.9 Å². The fourth-order valence-corrected chi connectivity index (χ4v) is 3.35. The van der Waals surface area contributed by atoms with Crippen LogP contribution in [0.25, 0.3) is 0 Å². The van der Waals surface area contributed by atoms with Gasteiger partial charge in [0.25, 0.3) is 0 Å². The number of benzene rings is 2. The molecule has 2 rings (SSSR count). The summed E-state index contributed by atoms with van der Waals surface area (Å²) in [4.78, 5) is 12.6. The molecule has 4 N–H and O–H groups in total. The highest BCUT2D eigenvalue weighted by Crippen LogP contribution is 2.21. The smallest absolute Gasteiger partial charge is 0.248 e. The second kappa shape index (κ2) is 9.14. The molecule has 0 aliphatic carbocycles. The van der Waals surface area contributed by atoms with E-state index in [1.807, 2.05) is 25.1 Å². The van der Waals surface area contributed by atoms with Crippen molar-refractivity contribution in [1.29, 1.82) is 0 Å². The topological polar surface area (TPSA) is 101 Å². The van der Waals surface area contributed by atoms with Crippen LogP contribution in [0.4, 0.5) is 5.69 Å². The molecule has 8 heteroatoms. The summed E-state index contributed by atoms with van der Waals surface area (Å²) < 4.78 is 26.6. The van der Waals surface area contributed by atoms with Crippen LogP contribution in [0.3, 0.4) is 0 Å². The van der Waals surface area contributed by atoms with Crippen LogP contribution in [0.2, 0.25) is 0 Å². The number of sulfonamides is 1. The Labute approximate surface area is 160 Å². The van der Waals surface area contributed by atoms with E-state index >= 15 is 0 Å². The lowest BCUT2D eigenvalue weighted by Gasteiger charge is -2.24. The maximum atomic E-state index is 12.5. The zero-order valence-electron chi connectivity index (χ0n) is 14.7. The maximum Gasteiger partial charge on any atom is 0.248 e. The Morgan fingerprint density at radius 1 is 1.08 bits per heavy atom. The Balaban J connectivity index is 0.00000338. The van der Waals surface area contributed by atoms with E-state index in [4.69, 9.17) is 5.73 Å². The molecule has 0 radical (unpaired) electrons. The van der Waals surface area contributed by atoms with Crippen molar-refractivity contribution in [3.05, 3.63) is 60.2 Å². The average Bonchev–Trinajstić information content (AvgIpc) is 2.61. The van der Waals surface area contributed by atoms with Gasteiger partial charge in [-0.15, -0.1) is 12.4 Å². The van der Waals surface area contributed by atoms with Gasteiger partial charge in [-0.1, -0.05) is 37.3 Å². The second-order valence-electron chi connectivity index (χ2n) is 5.94. The molecule has 2 aromatic carbocycles. The largest absolute Gasteiger partial charge is 0.324 e. The molecule has 0 aromatic heterocycles. The monoisotopic (exact) mass is 397 g/mol. The van der Waals surface area contributed by atoms with Crippen molar-refractivity contribution in [3.8, 4) is 0 Å². The van der Waals surface area contributed by atoms with Crippen LogP contribution < -0.4 is 15.8 Å². The van der Waals surface area contributed by atoms with Crippen molar-refractivity contribution < 1.29 is 13.2 Å². The maximum absolute atomic E-state index is 12.5. The fourth-order valence-electron chi connectivity index (χ4n) is 2.21. The predicted molar refractivity (Wildman–Crippen MR) is 106 cm³/mol. The summed E-state index contributed by atoms with van der Waals surface area (Å²) in [7, 11) is -3.53. The molecule has 0 heterocycles. The lowest BCUT2D eigenvalue weighted by atomic mass is 9.92. The third kappa shape index (κ3) is 5.28. The van der Waals surface area contributed by atoms with Gasteiger partial charge in [-0.2, -0.15) is 0 Å². The summed E-state index contributed by atoms with van der Waals surface area (Å²) in [6, 6.07) is 15.0. The van der Waals surface area contributed by atoms with Crippen molar-refractivity contribution in [2.24, 2.45) is 5.73 Å². The highest BCUT2D eigenvalue weighted by molar-refractivity contribution is 7.89. The van der Waals surface area contributed by atoms with E-state index in [9.17, 15) is 13.2 Å². The molecular formula is C18H24ClN3O3S. The predicted octanol–water partition coefficient (Wildman–Crippen LogP) is 2.61. The minimum atomic E-state index is -3.53. The molecule has 2 aromatic rings. The van der Waals surface area contributed by atoms with Crippen LogP contribution in [-0.2, 0) is 20.4 Å². The van der Waals surface area contributed by atoms with Crippen molar-refractivity contribution in [1.82, 2.24) is 4.72 Å². The minimum Gasteiger partial charge on any atom is -0.324 e. The number of carbonyl (C=O) groups is 1. The van der Waals surface area contributed by atoms with Crippen LogP contribution in [0, 0.1) is 0 Å². The number of nitrogens with two attached hydrogens (primary N) is 1. The molecule has 0 aliphatic heterocycles. The number of rotatable bonds is 7. The Bertz CT molecular complexity index is 823. The van der Waals surface area contributed by atoms with Gasteiger partial charge in [-0.05, 0) is 43.2 Å². The highest BCUT2D eigenvalue weighted by Gasteiger charge is 2.30. The number of hydrogen-bond acceptors (Lipinski definition) is 4. The zero-order chi connectivity index (χ0) is 18.5. The van der Waals surface area contributed by atoms with Crippen molar-refractivity contribution in [3.63, 3.8) is 0 Å². The Morgan fingerprint density at radius 2 is 1.65 bits per heavy atom. The summed E-state index contributed by atoms with van der Waals surface area (Å²) in [5.41, 5.74) is 6.13. The van der Waals surface area contributed by atoms with Gasteiger partial charge in [0.05, 0.1) is 4.90 Å². The molecule has 26 heavy (non-hydrogen) atoms. The SMILES string of the molecule is CCCNS(=O)(=O)c1ccc(NC(=O)C(C)(N)c2ccccc2)cc1.Cl. The third-order valence-corrected chi connectivity index (χ3v) is 5.29. The summed E-state index contributed by atoms with van der Waals surface area (Å²) in [5, 5.41) is 2.72. The number of carbonyl (C=O) groups excluding carboxylic acids is 1. The first-order valence-corrected chi connectivity index (χ1v) is 9.51. The van der Waals surface area contributed by atoms with E-state index in [0.717, 1.165) is 0 Å². The van der Waals surface area contributed by atoms with Crippen LogP contribution in [-0.4, -0.2) is 20.9 Å². The van der Waals surface area contributed by atoms with E-state index in [1.54, 1.807) is 31.2 Å². The minimum absolute atomic E-state index is 0. The lowest BCUT2D eigenvalue weighted by molar-refractivity contribution is -0.120. The van der Waals surface area contributed by atoms with E-state index in [1.165, 1.54) is 12.1 Å². The quantitative estimate of drug-likeness (QED) is 0.668. The standard InChI is InChI=1S/C18H23N3O3S.ClH/c1-3-13-20-25(23,24)16-11-9-15(10-12-16)21-17(22)18(2,19)14-7-5-4-6-8-14;/h4-12,20H,3,13,19H2,1-2H3,(H,21,22);1H.